The molecule has 0 spiro atoms. The third kappa shape index (κ3) is 4.23. The van der Waals surface area contributed by atoms with E-state index in [0.717, 1.165) is 37.1 Å². The predicted octanol–water partition coefficient (Wildman–Crippen LogP) is 1.80. The lowest BCUT2D eigenvalue weighted by molar-refractivity contribution is -0.136. The lowest BCUT2D eigenvalue weighted by Gasteiger charge is -2.35. The van der Waals surface area contributed by atoms with Crippen LogP contribution in [-0.2, 0) is 27.3 Å². The Kier molecular flexibility index (Phi) is 6.41. The van der Waals surface area contributed by atoms with Gasteiger partial charge < -0.3 is 14.5 Å². The van der Waals surface area contributed by atoms with Gasteiger partial charge in [0, 0.05) is 39.1 Å². The fourth-order valence-corrected chi connectivity index (χ4v) is 4.64. The maximum absolute atomic E-state index is 13.2. The van der Waals surface area contributed by atoms with Gasteiger partial charge in [-0.3, -0.25) is 19.5 Å². The van der Waals surface area contributed by atoms with Gasteiger partial charge in [0.2, 0.25) is 11.8 Å². The molecule has 31 heavy (non-hydrogen) atoms. The summed E-state index contributed by atoms with van der Waals surface area (Å²) in [4.78, 5) is 46.6. The zero-order valence-electron chi connectivity index (χ0n) is 18.4. The first-order valence-electron chi connectivity index (χ1n) is 11.2. The molecule has 2 aromatic rings. The molecule has 0 aliphatic carbocycles. The first kappa shape index (κ1) is 21.5. The van der Waals surface area contributed by atoms with E-state index in [0.29, 0.717) is 56.7 Å². The van der Waals surface area contributed by atoms with Crippen LogP contribution < -0.4 is 5.56 Å². The van der Waals surface area contributed by atoms with Gasteiger partial charge in [0.1, 0.15) is 0 Å². The maximum Gasteiger partial charge on any atom is 0.277 e. The Labute approximate surface area is 181 Å². The van der Waals surface area contributed by atoms with E-state index in [1.807, 2.05) is 17.9 Å². The average molecular weight is 430 g/mol. The molecule has 2 aromatic heterocycles. The maximum atomic E-state index is 13.2. The molecule has 0 aromatic carbocycles. The topological polar surface area (TPSA) is 100 Å². The highest BCUT2D eigenvalue weighted by atomic mass is 16.5. The number of rotatable bonds is 6. The fraction of sp³-hybridized carbons (Fsp3) is 0.636. The van der Waals surface area contributed by atoms with E-state index in [2.05, 4.69) is 5.10 Å². The number of methoxy groups -OCH3 is 1. The number of fused-ring (bicyclic) bond motifs is 2. The molecule has 0 radical (unpaired) electrons. The molecule has 4 rings (SSSR count). The Morgan fingerprint density at radius 3 is 2.84 bits per heavy atom. The Morgan fingerprint density at radius 1 is 1.23 bits per heavy atom. The van der Waals surface area contributed by atoms with E-state index in [1.165, 1.54) is 4.52 Å². The number of aromatic nitrogens is 3. The van der Waals surface area contributed by atoms with E-state index in [1.54, 1.807) is 12.0 Å². The smallest absolute Gasteiger partial charge is 0.277 e. The molecule has 2 aliphatic rings. The van der Waals surface area contributed by atoms with Crippen LogP contribution in [0.15, 0.2) is 10.9 Å². The number of carbonyl (C=O) groups is 2. The number of aromatic amines is 1. The average Bonchev–Trinajstić information content (AvgIpc) is 3.22. The Hall–Kier alpha value is -2.68. The summed E-state index contributed by atoms with van der Waals surface area (Å²) in [7, 11) is 1.59. The van der Waals surface area contributed by atoms with Gasteiger partial charge >= 0.3 is 0 Å². The zero-order chi connectivity index (χ0) is 22.0. The van der Waals surface area contributed by atoms with E-state index in [4.69, 9.17) is 9.72 Å². The number of H-pyrrole nitrogens is 1. The molecule has 9 nitrogen and oxygen atoms in total. The van der Waals surface area contributed by atoms with Crippen molar-refractivity contribution >= 4 is 17.5 Å². The molecule has 4 heterocycles. The minimum atomic E-state index is -0.159. The molecule has 0 bridgehead atoms. The van der Waals surface area contributed by atoms with Crippen molar-refractivity contribution in [3.05, 3.63) is 33.4 Å². The van der Waals surface area contributed by atoms with Crippen LogP contribution in [0.4, 0.5) is 0 Å². The van der Waals surface area contributed by atoms with Crippen molar-refractivity contribution in [3.8, 4) is 0 Å². The normalized spacial score (nSPS) is 19.0. The summed E-state index contributed by atoms with van der Waals surface area (Å²) in [5.41, 5.74) is 2.60. The van der Waals surface area contributed by atoms with E-state index >= 15 is 0 Å². The molecule has 1 saturated heterocycles. The van der Waals surface area contributed by atoms with Gasteiger partial charge in [0.25, 0.3) is 5.56 Å². The molecule has 1 N–H and O–H groups in total. The number of nitrogens with zero attached hydrogens (tertiary/aromatic N) is 4. The van der Waals surface area contributed by atoms with Crippen molar-refractivity contribution in [2.45, 2.75) is 64.5 Å². The number of carbonyl (C=O) groups excluding carboxylic acids is 2. The van der Waals surface area contributed by atoms with Crippen LogP contribution >= 0.6 is 0 Å². The van der Waals surface area contributed by atoms with Crippen LogP contribution in [0.3, 0.4) is 0 Å². The Balaban J connectivity index is 1.64. The van der Waals surface area contributed by atoms with Gasteiger partial charge in [-0.2, -0.15) is 0 Å². The van der Waals surface area contributed by atoms with E-state index in [-0.39, 0.29) is 23.4 Å². The molecular weight excluding hydrogens is 398 g/mol. The van der Waals surface area contributed by atoms with Crippen LogP contribution in [-0.4, -0.2) is 63.0 Å². The molecule has 2 amide bonds. The number of hydrogen-bond donors (Lipinski definition) is 1. The van der Waals surface area contributed by atoms with Gasteiger partial charge in [-0.25, -0.2) is 9.50 Å². The second-order valence-electron chi connectivity index (χ2n) is 8.40. The third-order valence-electron chi connectivity index (χ3n) is 6.30. The van der Waals surface area contributed by atoms with Crippen LogP contribution in [0.25, 0.3) is 5.65 Å². The van der Waals surface area contributed by atoms with Crippen LogP contribution in [0.2, 0.25) is 0 Å². The fourth-order valence-electron chi connectivity index (χ4n) is 4.64. The minimum Gasteiger partial charge on any atom is -0.384 e. The number of hydrogen-bond acceptors (Lipinski definition) is 5. The first-order valence-corrected chi connectivity index (χ1v) is 11.2. The summed E-state index contributed by atoms with van der Waals surface area (Å²) in [5.74, 6) is 0.145. The number of amides is 2. The quantitative estimate of drug-likeness (QED) is 0.755. The van der Waals surface area contributed by atoms with Crippen molar-refractivity contribution in [1.82, 2.24) is 24.4 Å². The highest BCUT2D eigenvalue weighted by molar-refractivity contribution is 5.77. The van der Waals surface area contributed by atoms with Crippen molar-refractivity contribution in [2.24, 2.45) is 0 Å². The second-order valence-corrected chi connectivity index (χ2v) is 8.40. The summed E-state index contributed by atoms with van der Waals surface area (Å²) in [5, 5.41) is 3.21. The van der Waals surface area contributed by atoms with Crippen molar-refractivity contribution in [3.63, 3.8) is 0 Å². The van der Waals surface area contributed by atoms with Crippen molar-refractivity contribution < 1.29 is 14.3 Å². The molecule has 1 unspecified atom stereocenters. The van der Waals surface area contributed by atoms with E-state index < -0.39 is 0 Å². The molecular formula is C22H31N5O4. The Bertz CT molecular complexity index is 1030. The van der Waals surface area contributed by atoms with Gasteiger partial charge in [-0.05, 0) is 25.7 Å². The highest BCUT2D eigenvalue weighted by Gasteiger charge is 2.30. The molecule has 9 heteroatoms. The lowest BCUT2D eigenvalue weighted by Crippen LogP contribution is -2.40. The molecule has 0 saturated carbocycles. The van der Waals surface area contributed by atoms with Crippen molar-refractivity contribution in [1.29, 1.82) is 0 Å². The second kappa shape index (κ2) is 9.21. The molecule has 1 fully saturated rings. The number of piperidine rings is 1. The summed E-state index contributed by atoms with van der Waals surface area (Å²) >= 11 is 0. The third-order valence-corrected chi connectivity index (χ3v) is 6.30. The molecule has 1 atom stereocenters. The van der Waals surface area contributed by atoms with Gasteiger partial charge in [0.05, 0.1) is 42.6 Å². The largest absolute Gasteiger partial charge is 0.384 e. The zero-order valence-corrected chi connectivity index (χ0v) is 18.4. The van der Waals surface area contributed by atoms with E-state index in [9.17, 15) is 14.4 Å². The van der Waals surface area contributed by atoms with Crippen molar-refractivity contribution in [2.75, 3.05) is 26.8 Å². The number of nitrogens with one attached hydrogen (secondary N) is 1. The summed E-state index contributed by atoms with van der Waals surface area (Å²) in [6.45, 7) is 3.98. The number of likely N-dealkylation sites (tertiary alicyclic amines) is 1. The van der Waals surface area contributed by atoms with Gasteiger partial charge in [0.15, 0.2) is 5.65 Å². The predicted molar refractivity (Wildman–Crippen MR) is 115 cm³/mol. The van der Waals surface area contributed by atoms with Crippen LogP contribution in [0, 0.1) is 0 Å². The van der Waals surface area contributed by atoms with Gasteiger partial charge in [-0.1, -0.05) is 6.92 Å². The monoisotopic (exact) mass is 429 g/mol. The van der Waals surface area contributed by atoms with Crippen LogP contribution in [0.5, 0.6) is 0 Å². The SMILES string of the molecule is CCCC(=O)N1CCc2nc3cc(C4CCCCN4C(=O)CCOC)[nH]n3c(=O)c2C1. The standard InChI is InChI=1S/C22H31N5O4/c1-3-6-20(28)25-11-8-16-15(14-25)22(30)27-19(23-16)13-17(24-27)18-7-4-5-10-26(18)21(29)9-12-31-2/h13,18,24H,3-12,14H2,1-2H3. The molecule has 2 aliphatic heterocycles. The number of ether oxygens (including phenoxy) is 1. The molecule has 168 valence electrons. The highest BCUT2D eigenvalue weighted by Crippen LogP contribution is 2.31. The van der Waals surface area contributed by atoms with Crippen LogP contribution in [0.1, 0.15) is 68.4 Å². The van der Waals surface area contributed by atoms with Gasteiger partial charge in [-0.15, -0.1) is 0 Å². The Morgan fingerprint density at radius 2 is 2.06 bits per heavy atom. The lowest BCUT2D eigenvalue weighted by atomic mass is 9.99. The first-order chi connectivity index (χ1) is 15.0. The summed E-state index contributed by atoms with van der Waals surface area (Å²) in [6, 6.07) is 1.79. The summed E-state index contributed by atoms with van der Waals surface area (Å²) in [6.07, 6.45) is 5.07. The summed E-state index contributed by atoms with van der Waals surface area (Å²) < 4.78 is 6.53. The minimum absolute atomic E-state index is 0.0647.